The lowest BCUT2D eigenvalue weighted by atomic mass is 10.2. The smallest absolute Gasteiger partial charge is 0.350 e. The van der Waals surface area contributed by atoms with E-state index in [0.29, 0.717) is 15.6 Å². The molecule has 0 radical (unpaired) electrons. The Kier molecular flexibility index (Phi) is 4.82. The third-order valence-electron chi connectivity index (χ3n) is 2.56. The maximum atomic E-state index is 12.1. The van der Waals surface area contributed by atoms with Gasteiger partial charge in [-0.15, -0.1) is 0 Å². The molecule has 1 heterocycles. The zero-order valence-electron chi connectivity index (χ0n) is 11.1. The van der Waals surface area contributed by atoms with Crippen LogP contribution in [0.5, 0.6) is 0 Å². The van der Waals surface area contributed by atoms with Crippen molar-refractivity contribution in [3.05, 3.63) is 44.4 Å². The largest absolute Gasteiger partial charge is 0.465 e. The van der Waals surface area contributed by atoms with Crippen LogP contribution in [0, 0.1) is 6.92 Å². The molecule has 21 heavy (non-hydrogen) atoms. The molecule has 0 bridgehead atoms. The third-order valence-corrected chi connectivity index (χ3v) is 4.18. The molecule has 0 fully saturated rings. The number of aryl methyl sites for hydroxylation is 1. The molecule has 110 valence electrons. The fourth-order valence-electron chi connectivity index (χ4n) is 1.57. The van der Waals surface area contributed by atoms with E-state index in [2.05, 4.69) is 15.0 Å². The molecule has 8 heteroatoms. The summed E-state index contributed by atoms with van der Waals surface area (Å²) in [4.78, 5) is 28.1. The molecular weight excluding hydrogens is 335 g/mol. The standard InChI is InChI=1S/C13H10Cl2N2O3S/c1-6-10(12(19)20-2)21-13(16-6)17-11(18)8-5-7(14)3-4-9(8)15/h3-5H,1-2H3,(H,16,17,18). The lowest BCUT2D eigenvalue weighted by Crippen LogP contribution is -2.12. The van der Waals surface area contributed by atoms with Gasteiger partial charge in [0.05, 0.1) is 23.4 Å². The van der Waals surface area contributed by atoms with Gasteiger partial charge in [0, 0.05) is 5.02 Å². The van der Waals surface area contributed by atoms with Crippen molar-refractivity contribution in [2.75, 3.05) is 12.4 Å². The van der Waals surface area contributed by atoms with E-state index in [-0.39, 0.29) is 15.7 Å². The lowest BCUT2D eigenvalue weighted by molar-refractivity contribution is 0.0605. The van der Waals surface area contributed by atoms with E-state index in [0.717, 1.165) is 11.3 Å². The first-order valence-electron chi connectivity index (χ1n) is 5.74. The summed E-state index contributed by atoms with van der Waals surface area (Å²) < 4.78 is 4.64. The van der Waals surface area contributed by atoms with Gasteiger partial charge >= 0.3 is 5.97 Å². The van der Waals surface area contributed by atoms with Crippen LogP contribution in [0.25, 0.3) is 0 Å². The summed E-state index contributed by atoms with van der Waals surface area (Å²) in [6, 6.07) is 4.58. The van der Waals surface area contributed by atoms with Crippen LogP contribution in [-0.4, -0.2) is 24.0 Å². The topological polar surface area (TPSA) is 68.3 Å². The number of carbonyl (C=O) groups excluding carboxylic acids is 2. The molecule has 1 aromatic heterocycles. The van der Waals surface area contributed by atoms with Gasteiger partial charge in [0.2, 0.25) is 0 Å². The molecular formula is C13H10Cl2N2O3S. The maximum absolute atomic E-state index is 12.1. The van der Waals surface area contributed by atoms with Gasteiger partial charge in [-0.05, 0) is 25.1 Å². The Morgan fingerprint density at radius 1 is 1.33 bits per heavy atom. The van der Waals surface area contributed by atoms with Crippen molar-refractivity contribution in [3.63, 3.8) is 0 Å². The Balaban J connectivity index is 2.24. The molecule has 2 aromatic rings. The second-order valence-corrected chi connectivity index (χ2v) is 5.85. The number of halogens is 2. The van der Waals surface area contributed by atoms with E-state index in [1.165, 1.54) is 19.2 Å². The summed E-state index contributed by atoms with van der Waals surface area (Å²) in [6.07, 6.45) is 0. The van der Waals surface area contributed by atoms with E-state index >= 15 is 0 Å². The van der Waals surface area contributed by atoms with Crippen molar-refractivity contribution < 1.29 is 14.3 Å². The van der Waals surface area contributed by atoms with Gasteiger partial charge in [0.25, 0.3) is 5.91 Å². The van der Waals surface area contributed by atoms with Crippen LogP contribution < -0.4 is 5.32 Å². The number of nitrogens with one attached hydrogen (secondary N) is 1. The van der Waals surface area contributed by atoms with Crippen LogP contribution in [0.2, 0.25) is 10.0 Å². The van der Waals surface area contributed by atoms with Crippen LogP contribution in [-0.2, 0) is 4.74 Å². The number of anilines is 1. The summed E-state index contributed by atoms with van der Waals surface area (Å²) in [5.41, 5.74) is 0.718. The van der Waals surface area contributed by atoms with Crippen LogP contribution in [0.15, 0.2) is 18.2 Å². The quantitative estimate of drug-likeness (QED) is 0.860. The highest BCUT2D eigenvalue weighted by Crippen LogP contribution is 2.26. The van der Waals surface area contributed by atoms with Crippen LogP contribution in [0.4, 0.5) is 5.13 Å². The third kappa shape index (κ3) is 3.53. The Morgan fingerprint density at radius 2 is 2.05 bits per heavy atom. The molecule has 1 aromatic carbocycles. The number of thiazole rings is 1. The first-order valence-corrected chi connectivity index (χ1v) is 7.31. The molecule has 1 amide bonds. The molecule has 2 rings (SSSR count). The Bertz CT molecular complexity index is 715. The Labute approximate surface area is 134 Å². The molecule has 0 saturated carbocycles. The van der Waals surface area contributed by atoms with Crippen LogP contribution in [0.1, 0.15) is 25.7 Å². The predicted octanol–water partition coefficient (Wildman–Crippen LogP) is 3.80. The second kappa shape index (κ2) is 6.43. The number of ether oxygens (including phenoxy) is 1. The van der Waals surface area contributed by atoms with Crippen LogP contribution >= 0.6 is 34.5 Å². The van der Waals surface area contributed by atoms with E-state index in [1.807, 2.05) is 0 Å². The van der Waals surface area contributed by atoms with Crippen molar-refractivity contribution >= 4 is 51.5 Å². The highest BCUT2D eigenvalue weighted by molar-refractivity contribution is 7.17. The molecule has 0 aliphatic carbocycles. The number of hydrogen-bond acceptors (Lipinski definition) is 5. The van der Waals surface area contributed by atoms with Gasteiger partial charge in [-0.1, -0.05) is 34.5 Å². The fourth-order valence-corrected chi connectivity index (χ4v) is 2.82. The van der Waals surface area contributed by atoms with E-state index < -0.39 is 11.9 Å². The minimum Gasteiger partial charge on any atom is -0.465 e. The molecule has 0 unspecified atom stereocenters. The molecule has 0 atom stereocenters. The summed E-state index contributed by atoms with van der Waals surface area (Å²) >= 11 is 12.8. The second-order valence-electron chi connectivity index (χ2n) is 4.00. The summed E-state index contributed by atoms with van der Waals surface area (Å²) in [7, 11) is 1.28. The SMILES string of the molecule is COC(=O)c1sc(NC(=O)c2cc(Cl)ccc2Cl)nc1C. The molecule has 0 saturated heterocycles. The van der Waals surface area contributed by atoms with Gasteiger partial charge < -0.3 is 4.74 Å². The highest BCUT2D eigenvalue weighted by atomic mass is 35.5. The molecule has 0 aliphatic rings. The Morgan fingerprint density at radius 3 is 2.71 bits per heavy atom. The fraction of sp³-hybridized carbons (Fsp3) is 0.154. The highest BCUT2D eigenvalue weighted by Gasteiger charge is 2.18. The number of amides is 1. The van der Waals surface area contributed by atoms with E-state index in [1.54, 1.807) is 13.0 Å². The number of methoxy groups -OCH3 is 1. The number of hydrogen-bond donors (Lipinski definition) is 1. The summed E-state index contributed by atoms with van der Waals surface area (Å²) in [5, 5.41) is 3.54. The Hall–Kier alpha value is -1.63. The van der Waals surface area contributed by atoms with E-state index in [4.69, 9.17) is 23.2 Å². The van der Waals surface area contributed by atoms with E-state index in [9.17, 15) is 9.59 Å². The van der Waals surface area contributed by atoms with Gasteiger partial charge in [0.1, 0.15) is 4.88 Å². The van der Waals surface area contributed by atoms with Crippen molar-refractivity contribution in [2.45, 2.75) is 6.92 Å². The van der Waals surface area contributed by atoms with Crippen molar-refractivity contribution in [1.82, 2.24) is 4.98 Å². The minimum absolute atomic E-state index is 0.233. The van der Waals surface area contributed by atoms with Gasteiger partial charge in [-0.2, -0.15) is 0 Å². The average Bonchev–Trinajstić information content (AvgIpc) is 2.81. The van der Waals surface area contributed by atoms with Crippen molar-refractivity contribution in [1.29, 1.82) is 0 Å². The molecule has 5 nitrogen and oxygen atoms in total. The number of carbonyl (C=O) groups is 2. The zero-order chi connectivity index (χ0) is 15.6. The number of esters is 1. The molecule has 0 spiro atoms. The van der Waals surface area contributed by atoms with Crippen molar-refractivity contribution in [2.24, 2.45) is 0 Å². The van der Waals surface area contributed by atoms with Crippen LogP contribution in [0.3, 0.4) is 0 Å². The minimum atomic E-state index is -0.494. The number of nitrogens with zero attached hydrogens (tertiary/aromatic N) is 1. The zero-order valence-corrected chi connectivity index (χ0v) is 13.4. The van der Waals surface area contributed by atoms with Gasteiger partial charge in [0.15, 0.2) is 5.13 Å². The summed E-state index contributed by atoms with van der Waals surface area (Å²) in [6.45, 7) is 1.66. The predicted molar refractivity (Wildman–Crippen MR) is 82.6 cm³/mol. The first-order chi connectivity index (χ1) is 9.92. The average molecular weight is 345 g/mol. The molecule has 0 aliphatic heterocycles. The number of aromatic nitrogens is 1. The normalized spacial score (nSPS) is 10.3. The lowest BCUT2D eigenvalue weighted by Gasteiger charge is -2.04. The van der Waals surface area contributed by atoms with Gasteiger partial charge in [-0.3, -0.25) is 10.1 Å². The van der Waals surface area contributed by atoms with Crippen molar-refractivity contribution in [3.8, 4) is 0 Å². The molecule has 1 N–H and O–H groups in total. The summed E-state index contributed by atoms with van der Waals surface area (Å²) in [5.74, 6) is -0.945. The first kappa shape index (κ1) is 15.8. The monoisotopic (exact) mass is 344 g/mol. The number of rotatable bonds is 3. The number of benzene rings is 1. The maximum Gasteiger partial charge on any atom is 0.350 e. The van der Waals surface area contributed by atoms with Gasteiger partial charge in [-0.25, -0.2) is 9.78 Å².